The fourth-order valence-electron chi connectivity index (χ4n) is 3.47. The van der Waals surface area contributed by atoms with Crippen molar-refractivity contribution in [2.45, 2.75) is 39.2 Å². The molecule has 0 saturated carbocycles. The molecule has 26 heavy (non-hydrogen) atoms. The third kappa shape index (κ3) is 4.43. The minimum atomic E-state index is -0.155. The van der Waals surface area contributed by atoms with Gasteiger partial charge >= 0.3 is 0 Å². The predicted octanol–water partition coefficient (Wildman–Crippen LogP) is 2.50. The van der Waals surface area contributed by atoms with Gasteiger partial charge in [0, 0.05) is 37.6 Å². The second-order valence-corrected chi connectivity index (χ2v) is 6.95. The summed E-state index contributed by atoms with van der Waals surface area (Å²) in [6.07, 6.45) is 3.92. The minimum Gasteiger partial charge on any atom is -0.396 e. The van der Waals surface area contributed by atoms with Gasteiger partial charge in [0.2, 0.25) is 0 Å². The number of carbonyl (C=O) groups excluding carboxylic acids is 1. The normalized spacial score (nSPS) is 15.2. The maximum atomic E-state index is 12.4. The van der Waals surface area contributed by atoms with E-state index in [1.165, 1.54) is 0 Å². The van der Waals surface area contributed by atoms with Crippen LogP contribution in [0.5, 0.6) is 0 Å². The number of benzene rings is 1. The second-order valence-electron chi connectivity index (χ2n) is 6.95. The van der Waals surface area contributed by atoms with Gasteiger partial charge in [-0.25, -0.2) is 0 Å². The molecule has 3 rings (SSSR count). The number of aromatic nitrogens is 2. The van der Waals surface area contributed by atoms with E-state index in [0.29, 0.717) is 18.2 Å². The van der Waals surface area contributed by atoms with Crippen molar-refractivity contribution in [2.75, 3.05) is 24.6 Å². The summed E-state index contributed by atoms with van der Waals surface area (Å²) in [5, 5.41) is 19.3. The fraction of sp³-hybridized carbons (Fsp3) is 0.500. The van der Waals surface area contributed by atoms with E-state index >= 15 is 0 Å². The van der Waals surface area contributed by atoms with Gasteiger partial charge in [0.15, 0.2) is 0 Å². The van der Waals surface area contributed by atoms with Crippen LogP contribution < -0.4 is 10.2 Å². The van der Waals surface area contributed by atoms with Crippen molar-refractivity contribution >= 4 is 11.6 Å². The molecule has 6 heteroatoms. The van der Waals surface area contributed by atoms with Gasteiger partial charge in [-0.15, -0.1) is 0 Å². The molecular weight excluding hydrogens is 328 g/mol. The number of carbonyl (C=O) groups is 1. The van der Waals surface area contributed by atoms with Crippen molar-refractivity contribution in [2.24, 2.45) is 5.92 Å². The van der Waals surface area contributed by atoms with Gasteiger partial charge in [-0.2, -0.15) is 5.10 Å². The molecule has 0 bridgehead atoms. The number of para-hydroxylation sites is 1. The van der Waals surface area contributed by atoms with Gasteiger partial charge < -0.3 is 15.3 Å². The summed E-state index contributed by atoms with van der Waals surface area (Å²) in [5.74, 6) is 0.257. The van der Waals surface area contributed by atoms with E-state index in [9.17, 15) is 9.90 Å². The van der Waals surface area contributed by atoms with Crippen molar-refractivity contribution in [3.05, 3.63) is 47.3 Å². The molecule has 1 fully saturated rings. The van der Waals surface area contributed by atoms with Crippen molar-refractivity contribution in [3.63, 3.8) is 0 Å². The number of rotatable bonds is 7. The number of aromatic amines is 1. The molecule has 1 saturated heterocycles. The molecular formula is C20H28N4O2. The summed E-state index contributed by atoms with van der Waals surface area (Å²) < 4.78 is 0. The third-order valence-electron chi connectivity index (χ3n) is 5.03. The second kappa shape index (κ2) is 8.85. The van der Waals surface area contributed by atoms with Gasteiger partial charge in [0.1, 0.15) is 5.69 Å². The smallest absolute Gasteiger partial charge is 0.272 e. The molecule has 6 nitrogen and oxygen atoms in total. The SMILES string of the molecule is CCCc1cc(C(=O)NCc2ccccc2N2CCC(CO)CC2)n[nH]1. The van der Waals surface area contributed by atoms with Gasteiger partial charge in [0.05, 0.1) is 0 Å². The molecule has 0 radical (unpaired) electrons. The number of amides is 1. The molecule has 0 unspecified atom stereocenters. The third-order valence-corrected chi connectivity index (χ3v) is 5.03. The number of nitrogens with zero attached hydrogens (tertiary/aromatic N) is 2. The lowest BCUT2D eigenvalue weighted by Crippen LogP contribution is -2.35. The Kier molecular flexibility index (Phi) is 6.28. The summed E-state index contributed by atoms with van der Waals surface area (Å²) in [6, 6.07) is 10.0. The lowest BCUT2D eigenvalue weighted by atomic mass is 9.97. The Morgan fingerprint density at radius 2 is 2.12 bits per heavy atom. The molecule has 2 aromatic rings. The zero-order chi connectivity index (χ0) is 18.4. The molecule has 0 atom stereocenters. The molecule has 1 aliphatic heterocycles. The Balaban J connectivity index is 1.62. The number of hydrogen-bond donors (Lipinski definition) is 3. The lowest BCUT2D eigenvalue weighted by molar-refractivity contribution is 0.0946. The van der Waals surface area contributed by atoms with E-state index in [0.717, 1.165) is 55.7 Å². The number of piperidine rings is 1. The number of H-pyrrole nitrogens is 1. The highest BCUT2D eigenvalue weighted by atomic mass is 16.3. The Bertz CT molecular complexity index is 720. The number of nitrogens with one attached hydrogen (secondary N) is 2. The van der Waals surface area contributed by atoms with Crippen LogP contribution in [0.3, 0.4) is 0 Å². The van der Waals surface area contributed by atoms with Crippen molar-refractivity contribution in [1.29, 1.82) is 0 Å². The van der Waals surface area contributed by atoms with E-state index < -0.39 is 0 Å². The highest BCUT2D eigenvalue weighted by Crippen LogP contribution is 2.26. The van der Waals surface area contributed by atoms with Crippen LogP contribution in [0.1, 0.15) is 47.9 Å². The van der Waals surface area contributed by atoms with Crippen LogP contribution in [-0.2, 0) is 13.0 Å². The molecule has 1 aliphatic rings. The maximum absolute atomic E-state index is 12.4. The van der Waals surface area contributed by atoms with Crippen LogP contribution in [0.2, 0.25) is 0 Å². The standard InChI is InChI=1S/C20H28N4O2/c1-2-5-17-12-18(23-22-17)20(26)21-13-16-6-3-4-7-19(16)24-10-8-15(14-25)9-11-24/h3-4,6-7,12,15,25H,2,5,8-11,13-14H2,1H3,(H,21,26)(H,22,23). The molecule has 0 aliphatic carbocycles. The Morgan fingerprint density at radius 3 is 2.85 bits per heavy atom. The van der Waals surface area contributed by atoms with E-state index in [4.69, 9.17) is 0 Å². The number of aliphatic hydroxyl groups is 1. The highest BCUT2D eigenvalue weighted by molar-refractivity contribution is 5.92. The maximum Gasteiger partial charge on any atom is 0.272 e. The fourth-order valence-corrected chi connectivity index (χ4v) is 3.47. The van der Waals surface area contributed by atoms with Gasteiger partial charge in [0.25, 0.3) is 5.91 Å². The first kappa shape index (κ1) is 18.5. The summed E-state index contributed by atoms with van der Waals surface area (Å²) in [7, 11) is 0. The molecule has 2 heterocycles. The van der Waals surface area contributed by atoms with Gasteiger partial charge in [-0.05, 0) is 42.9 Å². The number of aryl methyl sites for hydroxylation is 1. The van der Waals surface area contributed by atoms with E-state index in [1.54, 1.807) is 0 Å². The Morgan fingerprint density at radius 1 is 1.35 bits per heavy atom. The van der Waals surface area contributed by atoms with Crippen molar-refractivity contribution in [1.82, 2.24) is 15.5 Å². The van der Waals surface area contributed by atoms with E-state index in [-0.39, 0.29) is 12.5 Å². The van der Waals surface area contributed by atoms with Crippen LogP contribution in [-0.4, -0.2) is 40.9 Å². The topological polar surface area (TPSA) is 81.2 Å². The zero-order valence-electron chi connectivity index (χ0n) is 15.4. The first-order valence-electron chi connectivity index (χ1n) is 9.47. The van der Waals surface area contributed by atoms with Crippen LogP contribution in [0, 0.1) is 5.92 Å². The highest BCUT2D eigenvalue weighted by Gasteiger charge is 2.20. The number of hydrogen-bond acceptors (Lipinski definition) is 4. The predicted molar refractivity (Wildman–Crippen MR) is 102 cm³/mol. The minimum absolute atomic E-state index is 0.155. The molecule has 1 aromatic carbocycles. The van der Waals surface area contributed by atoms with Crippen molar-refractivity contribution < 1.29 is 9.90 Å². The van der Waals surface area contributed by atoms with Crippen LogP contribution in [0.25, 0.3) is 0 Å². The van der Waals surface area contributed by atoms with Crippen molar-refractivity contribution in [3.8, 4) is 0 Å². The quantitative estimate of drug-likeness (QED) is 0.712. The average molecular weight is 356 g/mol. The summed E-state index contributed by atoms with van der Waals surface area (Å²) in [4.78, 5) is 14.7. The molecule has 1 aromatic heterocycles. The summed E-state index contributed by atoms with van der Waals surface area (Å²) >= 11 is 0. The lowest BCUT2D eigenvalue weighted by Gasteiger charge is -2.34. The zero-order valence-corrected chi connectivity index (χ0v) is 15.4. The monoisotopic (exact) mass is 356 g/mol. The van der Waals surface area contributed by atoms with Gasteiger partial charge in [-0.1, -0.05) is 31.5 Å². The summed E-state index contributed by atoms with van der Waals surface area (Å²) in [5.41, 5.74) is 3.70. The van der Waals surface area contributed by atoms with Crippen LogP contribution >= 0.6 is 0 Å². The molecule has 0 spiro atoms. The first-order valence-corrected chi connectivity index (χ1v) is 9.47. The van der Waals surface area contributed by atoms with E-state index in [1.807, 2.05) is 18.2 Å². The first-order chi connectivity index (χ1) is 12.7. The number of anilines is 1. The van der Waals surface area contributed by atoms with Crippen LogP contribution in [0.4, 0.5) is 5.69 Å². The van der Waals surface area contributed by atoms with Crippen LogP contribution in [0.15, 0.2) is 30.3 Å². The molecule has 1 amide bonds. The Labute approximate surface area is 154 Å². The van der Waals surface area contributed by atoms with E-state index in [2.05, 4.69) is 39.5 Å². The molecule has 3 N–H and O–H groups in total. The average Bonchev–Trinajstić information content (AvgIpc) is 3.15. The summed E-state index contributed by atoms with van der Waals surface area (Å²) in [6.45, 7) is 4.73. The Hall–Kier alpha value is -2.34. The molecule has 140 valence electrons. The number of aliphatic hydroxyl groups excluding tert-OH is 1. The largest absolute Gasteiger partial charge is 0.396 e. The van der Waals surface area contributed by atoms with Gasteiger partial charge in [-0.3, -0.25) is 9.89 Å².